The van der Waals surface area contributed by atoms with Gasteiger partial charge in [-0.15, -0.1) is 0 Å². The fraction of sp³-hybridized carbons (Fsp3) is 0.917. The predicted octanol–water partition coefficient (Wildman–Crippen LogP) is 1.56. The number of aliphatic carboxylic acids is 1. The smallest absolute Gasteiger partial charge is 0.303 e. The van der Waals surface area contributed by atoms with Gasteiger partial charge in [-0.2, -0.15) is 0 Å². The van der Waals surface area contributed by atoms with Crippen molar-refractivity contribution in [1.29, 1.82) is 0 Å². The maximum atomic E-state index is 10.3. The molecule has 0 unspecified atom stereocenters. The van der Waals surface area contributed by atoms with Crippen LogP contribution in [0.3, 0.4) is 0 Å². The molecule has 2 fully saturated rings. The number of carboxylic acid groups (broad SMARTS) is 1. The normalized spacial score (nSPS) is 37.6. The van der Waals surface area contributed by atoms with Crippen LogP contribution < -0.4 is 0 Å². The molecule has 4 nitrogen and oxygen atoms in total. The van der Waals surface area contributed by atoms with Gasteiger partial charge in [0.25, 0.3) is 0 Å². The number of hydrogen-bond acceptors (Lipinski definition) is 3. The highest BCUT2D eigenvalue weighted by atomic mass is 16.5. The van der Waals surface area contributed by atoms with E-state index in [-0.39, 0.29) is 12.5 Å². The summed E-state index contributed by atoms with van der Waals surface area (Å²) in [6.45, 7) is 0.500. The van der Waals surface area contributed by atoms with Crippen LogP contribution in [0.1, 0.15) is 44.9 Å². The lowest BCUT2D eigenvalue weighted by Gasteiger charge is -2.21. The topological polar surface area (TPSA) is 66.8 Å². The Bertz CT molecular complexity index is 266. The summed E-state index contributed by atoms with van der Waals surface area (Å²) in [6, 6.07) is 0. The second kappa shape index (κ2) is 4.72. The van der Waals surface area contributed by atoms with Crippen molar-refractivity contribution in [3.63, 3.8) is 0 Å². The number of hydrogen-bond donors (Lipinski definition) is 2. The molecule has 0 aromatic heterocycles. The van der Waals surface area contributed by atoms with Gasteiger partial charge in [0.2, 0.25) is 0 Å². The van der Waals surface area contributed by atoms with Gasteiger partial charge in [-0.05, 0) is 31.6 Å². The van der Waals surface area contributed by atoms with Crippen LogP contribution >= 0.6 is 0 Å². The highest BCUT2D eigenvalue weighted by molar-refractivity contribution is 5.66. The first-order valence-electron chi connectivity index (χ1n) is 6.16. The van der Waals surface area contributed by atoms with Crippen LogP contribution in [0.15, 0.2) is 0 Å². The number of carbonyl (C=O) groups is 1. The van der Waals surface area contributed by atoms with E-state index in [4.69, 9.17) is 9.84 Å². The monoisotopic (exact) mass is 228 g/mol. The molecule has 2 rings (SSSR count). The van der Waals surface area contributed by atoms with Crippen molar-refractivity contribution in [2.75, 3.05) is 6.61 Å². The molecule has 16 heavy (non-hydrogen) atoms. The molecule has 0 heterocycles. The molecule has 2 aliphatic carbocycles. The largest absolute Gasteiger partial charge is 0.481 e. The van der Waals surface area contributed by atoms with E-state index in [2.05, 4.69) is 0 Å². The minimum Gasteiger partial charge on any atom is -0.481 e. The SMILES string of the molecule is O=C(O)CCCO[C@H]1C[C@@H]2CCC[C@]2(O)C1. The van der Waals surface area contributed by atoms with Gasteiger partial charge in [0, 0.05) is 19.4 Å². The summed E-state index contributed by atoms with van der Waals surface area (Å²) in [7, 11) is 0. The van der Waals surface area contributed by atoms with Crippen LogP contribution in [0.25, 0.3) is 0 Å². The first-order valence-corrected chi connectivity index (χ1v) is 6.16. The zero-order chi connectivity index (χ0) is 11.6. The van der Waals surface area contributed by atoms with Crippen LogP contribution in [0.2, 0.25) is 0 Å². The Hall–Kier alpha value is -0.610. The highest BCUT2D eigenvalue weighted by Crippen LogP contribution is 2.48. The Morgan fingerprint density at radius 1 is 1.50 bits per heavy atom. The molecule has 0 saturated heterocycles. The lowest BCUT2D eigenvalue weighted by atomic mass is 9.95. The number of rotatable bonds is 5. The van der Waals surface area contributed by atoms with E-state index in [1.54, 1.807) is 0 Å². The first kappa shape index (κ1) is 11.9. The van der Waals surface area contributed by atoms with Crippen LogP contribution in [-0.4, -0.2) is 34.5 Å². The van der Waals surface area contributed by atoms with Gasteiger partial charge >= 0.3 is 5.97 Å². The third-order valence-electron chi connectivity index (χ3n) is 3.94. The lowest BCUT2D eigenvalue weighted by molar-refractivity contribution is -0.137. The minimum atomic E-state index is -0.773. The van der Waals surface area contributed by atoms with Crippen LogP contribution in [0, 0.1) is 5.92 Å². The first-order chi connectivity index (χ1) is 7.60. The van der Waals surface area contributed by atoms with Crippen molar-refractivity contribution in [2.45, 2.75) is 56.7 Å². The third kappa shape index (κ3) is 2.55. The number of ether oxygens (including phenoxy) is 1. The van der Waals surface area contributed by atoms with Gasteiger partial charge in [0.05, 0.1) is 11.7 Å². The number of carboxylic acids is 1. The second-order valence-corrected chi connectivity index (χ2v) is 5.12. The molecular weight excluding hydrogens is 208 g/mol. The Morgan fingerprint density at radius 2 is 2.31 bits per heavy atom. The van der Waals surface area contributed by atoms with E-state index in [0.717, 1.165) is 32.1 Å². The Balaban J connectivity index is 1.67. The van der Waals surface area contributed by atoms with E-state index < -0.39 is 11.6 Å². The number of aliphatic hydroxyl groups is 1. The summed E-state index contributed by atoms with van der Waals surface area (Å²) in [6.07, 6.45) is 5.72. The molecular formula is C12H20O4. The fourth-order valence-electron chi connectivity index (χ4n) is 3.13. The molecule has 92 valence electrons. The van der Waals surface area contributed by atoms with E-state index in [1.165, 1.54) is 0 Å². The molecule has 2 saturated carbocycles. The zero-order valence-corrected chi connectivity index (χ0v) is 9.52. The molecule has 0 radical (unpaired) electrons. The highest BCUT2D eigenvalue weighted by Gasteiger charge is 2.48. The summed E-state index contributed by atoms with van der Waals surface area (Å²) in [5, 5.41) is 18.8. The van der Waals surface area contributed by atoms with Gasteiger partial charge in [0.1, 0.15) is 0 Å². The van der Waals surface area contributed by atoms with Gasteiger partial charge in [-0.3, -0.25) is 4.79 Å². The average molecular weight is 228 g/mol. The molecule has 0 aromatic carbocycles. The molecule has 0 bridgehead atoms. The van der Waals surface area contributed by atoms with Crippen molar-refractivity contribution in [3.05, 3.63) is 0 Å². The van der Waals surface area contributed by atoms with E-state index in [9.17, 15) is 9.90 Å². The molecule has 2 N–H and O–H groups in total. The Kier molecular flexibility index (Phi) is 3.50. The van der Waals surface area contributed by atoms with Crippen molar-refractivity contribution < 1.29 is 19.7 Å². The van der Waals surface area contributed by atoms with E-state index in [1.807, 2.05) is 0 Å². The van der Waals surface area contributed by atoms with Gasteiger partial charge in [0.15, 0.2) is 0 Å². The molecule has 0 aromatic rings. The van der Waals surface area contributed by atoms with Crippen LogP contribution in [-0.2, 0) is 9.53 Å². The predicted molar refractivity (Wildman–Crippen MR) is 58.1 cm³/mol. The summed E-state index contributed by atoms with van der Waals surface area (Å²) in [5.74, 6) is -0.359. The maximum Gasteiger partial charge on any atom is 0.303 e. The summed E-state index contributed by atoms with van der Waals surface area (Å²) in [5.41, 5.74) is -0.475. The molecule has 4 heteroatoms. The van der Waals surface area contributed by atoms with Gasteiger partial charge < -0.3 is 14.9 Å². The van der Waals surface area contributed by atoms with Gasteiger partial charge in [-0.1, -0.05) is 6.42 Å². The number of fused-ring (bicyclic) bond motifs is 1. The van der Waals surface area contributed by atoms with E-state index >= 15 is 0 Å². The van der Waals surface area contributed by atoms with Crippen molar-refractivity contribution in [1.82, 2.24) is 0 Å². The van der Waals surface area contributed by atoms with Crippen molar-refractivity contribution >= 4 is 5.97 Å². The minimum absolute atomic E-state index is 0.143. The zero-order valence-electron chi connectivity index (χ0n) is 9.52. The summed E-state index contributed by atoms with van der Waals surface area (Å²) in [4.78, 5) is 10.3. The molecule has 0 amide bonds. The fourth-order valence-corrected chi connectivity index (χ4v) is 3.13. The molecule has 3 atom stereocenters. The Labute approximate surface area is 95.6 Å². The second-order valence-electron chi connectivity index (χ2n) is 5.12. The summed E-state index contributed by atoms with van der Waals surface area (Å²) >= 11 is 0. The quantitative estimate of drug-likeness (QED) is 0.701. The van der Waals surface area contributed by atoms with E-state index in [0.29, 0.717) is 18.9 Å². The maximum absolute atomic E-state index is 10.3. The van der Waals surface area contributed by atoms with Crippen LogP contribution in [0.4, 0.5) is 0 Å². The summed E-state index contributed by atoms with van der Waals surface area (Å²) < 4.78 is 5.63. The standard InChI is InChI=1S/C12H20O4/c13-11(14)4-2-6-16-10-7-9-3-1-5-12(9,15)8-10/h9-10,15H,1-8H2,(H,13,14)/t9-,10-,12-/m0/s1. The third-order valence-corrected chi connectivity index (χ3v) is 3.94. The van der Waals surface area contributed by atoms with Crippen molar-refractivity contribution in [2.24, 2.45) is 5.92 Å². The Morgan fingerprint density at radius 3 is 3.00 bits per heavy atom. The molecule has 2 aliphatic rings. The average Bonchev–Trinajstić information content (AvgIpc) is 2.66. The lowest BCUT2D eigenvalue weighted by Crippen LogP contribution is -2.27. The van der Waals surface area contributed by atoms with Crippen LogP contribution in [0.5, 0.6) is 0 Å². The molecule has 0 spiro atoms. The van der Waals surface area contributed by atoms with Crippen molar-refractivity contribution in [3.8, 4) is 0 Å². The van der Waals surface area contributed by atoms with Gasteiger partial charge in [-0.25, -0.2) is 0 Å². The molecule has 0 aliphatic heterocycles.